The van der Waals surface area contributed by atoms with Gasteiger partial charge in [-0.05, 0) is 57.4 Å². The Hall–Kier alpha value is -2.08. The number of aliphatic hydroxyl groups is 1. The number of benzene rings is 1. The summed E-state index contributed by atoms with van der Waals surface area (Å²) in [7, 11) is 0. The summed E-state index contributed by atoms with van der Waals surface area (Å²) in [4.78, 5) is 25.5. The third-order valence-electron chi connectivity index (χ3n) is 6.32. The van der Waals surface area contributed by atoms with Crippen LogP contribution in [0.4, 0.5) is 4.79 Å². The van der Waals surface area contributed by atoms with Gasteiger partial charge in [0.25, 0.3) is 0 Å². The topological polar surface area (TPSA) is 84.9 Å². The van der Waals surface area contributed by atoms with Crippen LogP contribution in [0.2, 0.25) is 0 Å². The van der Waals surface area contributed by atoms with Crippen LogP contribution < -0.4 is 5.32 Å². The number of carbonyl (C=O) groups is 2. The minimum atomic E-state index is -0.859. The van der Waals surface area contributed by atoms with Crippen molar-refractivity contribution in [3.05, 3.63) is 35.9 Å². The van der Waals surface area contributed by atoms with Gasteiger partial charge in [-0.25, -0.2) is 4.79 Å². The summed E-state index contributed by atoms with van der Waals surface area (Å²) in [6.45, 7) is 9.79. The first kappa shape index (κ1) is 28.2. The predicted molar refractivity (Wildman–Crippen MR) is 134 cm³/mol. The molecule has 0 spiro atoms. The van der Waals surface area contributed by atoms with Crippen LogP contribution in [0.25, 0.3) is 0 Å². The fraction of sp³-hybridized carbons (Fsp3) is 0.714. The Morgan fingerprint density at radius 2 is 1.71 bits per heavy atom. The standard InChI is InChI=1S/C28H45NO5/c1-20(2)16-23(26(31)33-19-22-14-10-7-11-15-22)18-25(30)24(17-21-12-8-6-9-13-21)29-27(32)34-28(3,4)5/h7,10-11,14-15,20-21,23-25,30H,6,8-9,12-13,16-19H2,1-5H3,(H,29,32)/t23-,24+,25+/m1/s1. The second-order valence-electron chi connectivity index (χ2n) is 11.2. The molecule has 1 aromatic carbocycles. The molecule has 1 aliphatic carbocycles. The number of amides is 1. The molecule has 6 nitrogen and oxygen atoms in total. The van der Waals surface area contributed by atoms with Gasteiger partial charge in [0.05, 0.1) is 18.1 Å². The molecule has 0 aromatic heterocycles. The number of hydrogen-bond donors (Lipinski definition) is 2. The van der Waals surface area contributed by atoms with Gasteiger partial charge >= 0.3 is 12.1 Å². The van der Waals surface area contributed by atoms with Crippen LogP contribution in [-0.4, -0.2) is 34.9 Å². The van der Waals surface area contributed by atoms with E-state index >= 15 is 0 Å². The molecule has 1 aliphatic rings. The first-order valence-corrected chi connectivity index (χ1v) is 12.9. The molecule has 1 amide bonds. The average molecular weight is 476 g/mol. The number of ether oxygens (including phenoxy) is 2. The fourth-order valence-corrected chi connectivity index (χ4v) is 4.71. The summed E-state index contributed by atoms with van der Waals surface area (Å²) in [5.41, 5.74) is 0.313. The van der Waals surface area contributed by atoms with E-state index in [2.05, 4.69) is 19.2 Å². The number of alkyl carbamates (subject to hydrolysis) is 1. The van der Waals surface area contributed by atoms with Gasteiger partial charge in [-0.2, -0.15) is 0 Å². The summed E-state index contributed by atoms with van der Waals surface area (Å²) in [6.07, 6.45) is 5.99. The molecule has 1 saturated carbocycles. The van der Waals surface area contributed by atoms with Crippen LogP contribution in [0, 0.1) is 17.8 Å². The molecule has 0 saturated heterocycles. The van der Waals surface area contributed by atoms with Gasteiger partial charge in [-0.3, -0.25) is 4.79 Å². The molecule has 3 atom stereocenters. The minimum Gasteiger partial charge on any atom is -0.461 e. The molecule has 0 aliphatic heterocycles. The number of esters is 1. The molecule has 0 unspecified atom stereocenters. The summed E-state index contributed by atoms with van der Waals surface area (Å²) < 4.78 is 11.1. The van der Waals surface area contributed by atoms with Crippen molar-refractivity contribution in [1.29, 1.82) is 0 Å². The van der Waals surface area contributed by atoms with Crippen molar-refractivity contribution in [2.24, 2.45) is 17.8 Å². The van der Waals surface area contributed by atoms with Crippen molar-refractivity contribution < 1.29 is 24.2 Å². The van der Waals surface area contributed by atoms with Crippen molar-refractivity contribution >= 4 is 12.1 Å². The normalized spacial score (nSPS) is 17.6. The first-order chi connectivity index (χ1) is 16.0. The molecule has 2 rings (SSSR count). The highest BCUT2D eigenvalue weighted by Gasteiger charge is 2.32. The zero-order chi connectivity index (χ0) is 25.1. The number of rotatable bonds is 11. The molecule has 0 radical (unpaired) electrons. The van der Waals surface area contributed by atoms with E-state index in [1.807, 2.05) is 51.1 Å². The van der Waals surface area contributed by atoms with Gasteiger partial charge in [0.15, 0.2) is 0 Å². The predicted octanol–water partition coefficient (Wildman–Crippen LogP) is 6.01. The molecule has 1 aromatic rings. The summed E-state index contributed by atoms with van der Waals surface area (Å²) in [5.74, 6) is -0.00713. The summed E-state index contributed by atoms with van der Waals surface area (Å²) in [5, 5.41) is 14.1. The summed E-state index contributed by atoms with van der Waals surface area (Å²) in [6, 6.07) is 9.13. The molecular weight excluding hydrogens is 430 g/mol. The Balaban J connectivity index is 2.06. The highest BCUT2D eigenvalue weighted by Crippen LogP contribution is 2.30. The summed E-state index contributed by atoms with van der Waals surface area (Å²) >= 11 is 0. The Morgan fingerprint density at radius 1 is 1.06 bits per heavy atom. The van der Waals surface area contributed by atoms with Gasteiger partial charge < -0.3 is 19.9 Å². The molecule has 192 valence electrons. The van der Waals surface area contributed by atoms with Crippen molar-refractivity contribution in [3.8, 4) is 0 Å². The zero-order valence-electron chi connectivity index (χ0n) is 21.7. The van der Waals surface area contributed by atoms with Crippen LogP contribution in [0.15, 0.2) is 30.3 Å². The van der Waals surface area contributed by atoms with E-state index in [4.69, 9.17) is 9.47 Å². The first-order valence-electron chi connectivity index (χ1n) is 12.9. The highest BCUT2D eigenvalue weighted by molar-refractivity contribution is 5.72. The van der Waals surface area contributed by atoms with Crippen LogP contribution in [-0.2, 0) is 20.9 Å². The van der Waals surface area contributed by atoms with Crippen molar-refractivity contribution in [3.63, 3.8) is 0 Å². The second kappa shape index (κ2) is 13.7. The lowest BCUT2D eigenvalue weighted by atomic mass is 9.82. The number of nitrogens with one attached hydrogen (secondary N) is 1. The minimum absolute atomic E-state index is 0.214. The van der Waals surface area contributed by atoms with E-state index in [0.29, 0.717) is 18.8 Å². The smallest absolute Gasteiger partial charge is 0.407 e. The number of hydrogen-bond acceptors (Lipinski definition) is 5. The van der Waals surface area contributed by atoms with Gasteiger partial charge in [0.2, 0.25) is 0 Å². The Kier molecular flexibility index (Phi) is 11.4. The van der Waals surface area contributed by atoms with Crippen molar-refractivity contribution in [2.45, 2.75) is 110 Å². The lowest BCUT2D eigenvalue weighted by Gasteiger charge is -2.32. The van der Waals surface area contributed by atoms with E-state index in [1.54, 1.807) is 0 Å². The van der Waals surface area contributed by atoms with Crippen LogP contribution in [0.1, 0.15) is 91.5 Å². The SMILES string of the molecule is CC(C)C[C@H](C[C@H](O)[C@H](CC1CCCCC1)NC(=O)OC(C)(C)C)C(=O)OCc1ccccc1. The lowest BCUT2D eigenvalue weighted by molar-refractivity contribution is -0.152. The maximum absolute atomic E-state index is 13.0. The van der Waals surface area contributed by atoms with E-state index in [-0.39, 0.29) is 24.9 Å². The van der Waals surface area contributed by atoms with Crippen molar-refractivity contribution in [2.75, 3.05) is 0 Å². The van der Waals surface area contributed by atoms with Gasteiger partial charge in [-0.1, -0.05) is 76.3 Å². The molecular formula is C28H45NO5. The Morgan fingerprint density at radius 3 is 2.29 bits per heavy atom. The third-order valence-corrected chi connectivity index (χ3v) is 6.32. The van der Waals surface area contributed by atoms with Crippen LogP contribution >= 0.6 is 0 Å². The molecule has 6 heteroatoms. The Labute approximate surface area is 205 Å². The van der Waals surface area contributed by atoms with Crippen LogP contribution in [0.5, 0.6) is 0 Å². The fourth-order valence-electron chi connectivity index (χ4n) is 4.71. The molecule has 2 N–H and O–H groups in total. The van der Waals surface area contributed by atoms with E-state index in [0.717, 1.165) is 18.4 Å². The van der Waals surface area contributed by atoms with Gasteiger partial charge in [0, 0.05) is 0 Å². The number of carbonyl (C=O) groups excluding carboxylic acids is 2. The van der Waals surface area contributed by atoms with E-state index in [1.165, 1.54) is 19.3 Å². The van der Waals surface area contributed by atoms with Gasteiger partial charge in [0.1, 0.15) is 12.2 Å². The molecule has 1 fully saturated rings. The lowest BCUT2D eigenvalue weighted by Crippen LogP contribution is -2.47. The Bertz CT molecular complexity index is 737. The van der Waals surface area contributed by atoms with Gasteiger partial charge in [-0.15, -0.1) is 0 Å². The largest absolute Gasteiger partial charge is 0.461 e. The van der Waals surface area contributed by atoms with E-state index in [9.17, 15) is 14.7 Å². The van der Waals surface area contributed by atoms with E-state index < -0.39 is 29.8 Å². The molecule has 34 heavy (non-hydrogen) atoms. The number of aliphatic hydroxyl groups excluding tert-OH is 1. The monoisotopic (exact) mass is 475 g/mol. The quantitative estimate of drug-likeness (QED) is 0.383. The molecule has 0 heterocycles. The zero-order valence-corrected chi connectivity index (χ0v) is 21.7. The molecule has 0 bridgehead atoms. The third kappa shape index (κ3) is 10.9. The maximum Gasteiger partial charge on any atom is 0.407 e. The average Bonchev–Trinajstić information content (AvgIpc) is 2.76. The highest BCUT2D eigenvalue weighted by atomic mass is 16.6. The second-order valence-corrected chi connectivity index (χ2v) is 11.2. The van der Waals surface area contributed by atoms with Crippen molar-refractivity contribution in [1.82, 2.24) is 5.32 Å². The van der Waals surface area contributed by atoms with Crippen LogP contribution in [0.3, 0.4) is 0 Å². The maximum atomic E-state index is 13.0.